The van der Waals surface area contributed by atoms with Gasteiger partial charge in [-0.15, -0.1) is 12.4 Å². The molecule has 9 heteroatoms. The van der Waals surface area contributed by atoms with E-state index in [1.807, 2.05) is 0 Å². The highest BCUT2D eigenvalue weighted by molar-refractivity contribution is 7.89. The van der Waals surface area contributed by atoms with Crippen molar-refractivity contribution in [3.63, 3.8) is 0 Å². The van der Waals surface area contributed by atoms with E-state index in [1.54, 1.807) is 11.8 Å². The second-order valence-corrected chi connectivity index (χ2v) is 6.46. The second kappa shape index (κ2) is 7.26. The Morgan fingerprint density at radius 2 is 2.10 bits per heavy atom. The number of halogens is 1. The van der Waals surface area contributed by atoms with Crippen molar-refractivity contribution in [2.24, 2.45) is 0 Å². The molecule has 0 aliphatic carbocycles. The van der Waals surface area contributed by atoms with Gasteiger partial charge in [0.25, 0.3) is 15.9 Å². The maximum absolute atomic E-state index is 12.4. The van der Waals surface area contributed by atoms with Gasteiger partial charge in [0.1, 0.15) is 5.76 Å². The summed E-state index contributed by atoms with van der Waals surface area (Å²) in [4.78, 5) is 14.1. The molecule has 1 aliphatic heterocycles. The van der Waals surface area contributed by atoms with Gasteiger partial charge < -0.3 is 14.6 Å². The van der Waals surface area contributed by atoms with Crippen LogP contribution in [0.4, 0.5) is 0 Å². The van der Waals surface area contributed by atoms with E-state index in [9.17, 15) is 13.2 Å². The summed E-state index contributed by atoms with van der Waals surface area (Å²) in [6.07, 6.45) is 0.879. The van der Waals surface area contributed by atoms with Crippen LogP contribution in [0.2, 0.25) is 0 Å². The van der Waals surface area contributed by atoms with Crippen molar-refractivity contribution in [2.45, 2.75) is 18.4 Å². The normalized spacial score (nSPS) is 16.2. The summed E-state index contributed by atoms with van der Waals surface area (Å²) in [5.41, 5.74) is 0.306. The van der Waals surface area contributed by atoms with Crippen molar-refractivity contribution in [1.29, 1.82) is 0 Å². The van der Waals surface area contributed by atoms with Crippen LogP contribution in [0.5, 0.6) is 0 Å². The van der Waals surface area contributed by atoms with Gasteiger partial charge in [-0.1, -0.05) is 0 Å². The largest absolute Gasteiger partial charge is 0.448 e. The number of amides is 1. The third kappa shape index (κ3) is 3.97. The van der Waals surface area contributed by atoms with Gasteiger partial charge in [-0.05, 0) is 26.9 Å². The number of aryl methyl sites for hydroxylation is 1. The van der Waals surface area contributed by atoms with Crippen LogP contribution in [0.15, 0.2) is 15.6 Å². The lowest BCUT2D eigenvalue weighted by molar-refractivity contribution is 0.0764. The maximum Gasteiger partial charge on any atom is 0.273 e. The number of carbonyl (C=O) groups excluding carboxylic acids is 1. The molecule has 0 aromatic carbocycles. The highest BCUT2D eigenvalue weighted by Gasteiger charge is 2.25. The summed E-state index contributed by atoms with van der Waals surface area (Å²) in [6.45, 7) is 4.48. The van der Waals surface area contributed by atoms with E-state index in [4.69, 9.17) is 4.42 Å². The molecule has 1 aromatic heterocycles. The third-order valence-electron chi connectivity index (χ3n) is 3.29. The first-order chi connectivity index (χ1) is 9.45. The zero-order valence-corrected chi connectivity index (χ0v) is 13.6. The van der Waals surface area contributed by atoms with E-state index in [1.165, 1.54) is 13.1 Å². The summed E-state index contributed by atoms with van der Waals surface area (Å²) in [7, 11) is -2.37. The van der Waals surface area contributed by atoms with Gasteiger partial charge >= 0.3 is 0 Å². The smallest absolute Gasteiger partial charge is 0.273 e. The van der Waals surface area contributed by atoms with E-state index in [2.05, 4.69) is 10.0 Å². The van der Waals surface area contributed by atoms with Gasteiger partial charge in [0.05, 0.1) is 5.56 Å². The Hall–Kier alpha value is -1.09. The molecule has 0 unspecified atom stereocenters. The van der Waals surface area contributed by atoms with Crippen molar-refractivity contribution >= 4 is 28.3 Å². The number of nitrogens with zero attached hydrogens (tertiary/aromatic N) is 1. The summed E-state index contributed by atoms with van der Waals surface area (Å²) in [5, 5.41) is 2.99. The van der Waals surface area contributed by atoms with Gasteiger partial charge in [-0.3, -0.25) is 4.79 Å². The number of carbonyl (C=O) groups is 1. The van der Waals surface area contributed by atoms with Gasteiger partial charge in [-0.2, -0.15) is 0 Å². The minimum absolute atomic E-state index is 0. The quantitative estimate of drug-likeness (QED) is 0.830. The number of hydrogen-bond acceptors (Lipinski definition) is 5. The molecule has 1 aliphatic rings. The zero-order chi connectivity index (χ0) is 14.8. The Balaban J connectivity index is 0.00000220. The Morgan fingerprint density at radius 1 is 1.38 bits per heavy atom. The Bertz CT molecular complexity index is 592. The molecule has 0 saturated carbocycles. The van der Waals surface area contributed by atoms with Crippen molar-refractivity contribution in [3.05, 3.63) is 17.4 Å². The van der Waals surface area contributed by atoms with Crippen molar-refractivity contribution in [3.8, 4) is 0 Å². The minimum atomic E-state index is -3.67. The van der Waals surface area contributed by atoms with Crippen LogP contribution in [0.25, 0.3) is 0 Å². The first-order valence-electron chi connectivity index (χ1n) is 6.49. The zero-order valence-electron chi connectivity index (χ0n) is 12.0. The van der Waals surface area contributed by atoms with Crippen LogP contribution in [0.3, 0.4) is 0 Å². The predicted molar refractivity (Wildman–Crippen MR) is 80.3 cm³/mol. The summed E-state index contributed by atoms with van der Waals surface area (Å²) in [6, 6.07) is 1.29. The fourth-order valence-electron chi connectivity index (χ4n) is 2.12. The predicted octanol–water partition coefficient (Wildman–Crippen LogP) is 0.353. The SMILES string of the molecule is CNS(=O)(=O)c1cc(C(=O)N2CCCNCC2)c(C)o1.Cl. The second-order valence-electron chi connectivity index (χ2n) is 4.64. The molecule has 1 amide bonds. The van der Waals surface area contributed by atoms with E-state index < -0.39 is 10.0 Å². The average molecular weight is 338 g/mol. The first kappa shape index (κ1) is 18.0. The van der Waals surface area contributed by atoms with E-state index in [0.717, 1.165) is 19.5 Å². The first-order valence-corrected chi connectivity index (χ1v) is 7.98. The lowest BCUT2D eigenvalue weighted by Gasteiger charge is -2.19. The van der Waals surface area contributed by atoms with Gasteiger partial charge in [0.2, 0.25) is 5.09 Å². The molecule has 2 rings (SSSR count). The van der Waals surface area contributed by atoms with Crippen LogP contribution in [-0.4, -0.2) is 52.5 Å². The molecule has 1 aromatic rings. The van der Waals surface area contributed by atoms with Crippen LogP contribution in [0, 0.1) is 6.92 Å². The molecule has 0 spiro atoms. The molecule has 0 bridgehead atoms. The molecule has 0 radical (unpaired) electrons. The number of rotatable bonds is 3. The fourth-order valence-corrected chi connectivity index (χ4v) is 2.83. The monoisotopic (exact) mass is 337 g/mol. The lowest BCUT2D eigenvalue weighted by atomic mass is 10.2. The van der Waals surface area contributed by atoms with Crippen LogP contribution >= 0.6 is 12.4 Å². The summed E-state index contributed by atoms with van der Waals surface area (Å²) >= 11 is 0. The van der Waals surface area contributed by atoms with Crippen LogP contribution in [-0.2, 0) is 10.0 Å². The number of hydrogen-bond donors (Lipinski definition) is 2. The lowest BCUT2D eigenvalue weighted by Crippen LogP contribution is -2.34. The van der Waals surface area contributed by atoms with E-state index >= 15 is 0 Å². The molecule has 2 heterocycles. The van der Waals surface area contributed by atoms with Gasteiger partial charge in [0.15, 0.2) is 0 Å². The van der Waals surface area contributed by atoms with Gasteiger partial charge in [0, 0.05) is 25.7 Å². The van der Waals surface area contributed by atoms with Crippen LogP contribution < -0.4 is 10.0 Å². The minimum Gasteiger partial charge on any atom is -0.448 e. The van der Waals surface area contributed by atoms with E-state index in [-0.39, 0.29) is 23.4 Å². The molecule has 1 fully saturated rings. The van der Waals surface area contributed by atoms with Crippen molar-refractivity contribution < 1.29 is 17.6 Å². The molecule has 2 N–H and O–H groups in total. The molecule has 120 valence electrons. The molecular formula is C12H20ClN3O4S. The molecule has 1 saturated heterocycles. The molecule has 0 atom stereocenters. The Morgan fingerprint density at radius 3 is 2.76 bits per heavy atom. The Kier molecular flexibility index (Phi) is 6.21. The summed E-state index contributed by atoms with van der Waals surface area (Å²) in [5.74, 6) is 0.133. The molecule has 7 nitrogen and oxygen atoms in total. The fraction of sp³-hybridized carbons (Fsp3) is 0.583. The van der Waals surface area contributed by atoms with E-state index in [0.29, 0.717) is 24.4 Å². The van der Waals surface area contributed by atoms with Gasteiger partial charge in [-0.25, -0.2) is 13.1 Å². The third-order valence-corrected chi connectivity index (χ3v) is 4.55. The summed E-state index contributed by atoms with van der Waals surface area (Å²) < 4.78 is 30.7. The molecular weight excluding hydrogens is 318 g/mol. The average Bonchev–Trinajstić information content (AvgIpc) is 2.66. The number of furan rings is 1. The highest BCUT2D eigenvalue weighted by atomic mass is 35.5. The molecule has 21 heavy (non-hydrogen) atoms. The number of sulfonamides is 1. The topological polar surface area (TPSA) is 91.7 Å². The maximum atomic E-state index is 12.4. The van der Waals surface area contributed by atoms with Crippen LogP contribution in [0.1, 0.15) is 22.5 Å². The number of nitrogens with one attached hydrogen (secondary N) is 2. The highest BCUT2D eigenvalue weighted by Crippen LogP contribution is 2.20. The Labute approximate surface area is 130 Å². The standard InChI is InChI=1S/C12H19N3O4S.ClH/c1-9-10(8-11(19-9)20(17,18)13-2)12(16)15-6-3-4-14-5-7-15;/h8,13-14H,3-7H2,1-2H3;1H. The van der Waals surface area contributed by atoms with Crippen molar-refractivity contribution in [2.75, 3.05) is 33.2 Å². The van der Waals surface area contributed by atoms with Crippen molar-refractivity contribution in [1.82, 2.24) is 14.9 Å².